The van der Waals surface area contributed by atoms with Gasteiger partial charge in [-0.25, -0.2) is 9.78 Å². The Labute approximate surface area is 155 Å². The molecule has 2 aromatic heterocycles. The number of carboxylic acid groups (broad SMARTS) is 1. The van der Waals surface area contributed by atoms with Gasteiger partial charge >= 0.3 is 5.97 Å². The number of thiophene rings is 1. The van der Waals surface area contributed by atoms with Crippen LogP contribution in [-0.4, -0.2) is 20.6 Å². The lowest BCUT2D eigenvalue weighted by atomic mass is 9.86. The highest BCUT2D eigenvalue weighted by molar-refractivity contribution is 7.17. The molecule has 3 aromatic rings. The number of benzene rings is 1. The molecule has 0 aliphatic heterocycles. The quantitative estimate of drug-likeness (QED) is 0.743. The van der Waals surface area contributed by atoms with Crippen LogP contribution in [0.15, 0.2) is 34.4 Å². The number of aryl methyl sites for hydroxylation is 1. The first-order valence-electron chi connectivity index (χ1n) is 8.45. The third-order valence-electron chi connectivity index (χ3n) is 4.62. The van der Waals surface area contributed by atoms with Crippen molar-refractivity contribution < 1.29 is 9.90 Å². The number of carboxylic acids is 1. The lowest BCUT2D eigenvalue weighted by molar-refractivity contribution is -0.140. The van der Waals surface area contributed by atoms with Gasteiger partial charge in [0.15, 0.2) is 0 Å². The summed E-state index contributed by atoms with van der Waals surface area (Å²) in [4.78, 5) is 29.5. The molecule has 0 bridgehead atoms. The normalized spacial score (nSPS) is 13.1. The molecule has 0 amide bonds. The zero-order valence-electron chi connectivity index (χ0n) is 15.5. The van der Waals surface area contributed by atoms with Gasteiger partial charge in [-0.2, -0.15) is 0 Å². The zero-order chi connectivity index (χ0) is 19.2. The van der Waals surface area contributed by atoms with Crippen LogP contribution in [-0.2, 0) is 10.2 Å². The van der Waals surface area contributed by atoms with Crippen LogP contribution in [0, 0.1) is 6.92 Å². The van der Waals surface area contributed by atoms with Crippen molar-refractivity contribution in [2.45, 2.75) is 46.1 Å². The van der Waals surface area contributed by atoms with E-state index in [4.69, 9.17) is 0 Å². The number of hydrogen-bond acceptors (Lipinski definition) is 4. The van der Waals surface area contributed by atoms with Crippen molar-refractivity contribution in [3.05, 3.63) is 51.4 Å². The lowest BCUT2D eigenvalue weighted by Gasteiger charge is -2.19. The molecule has 136 valence electrons. The Balaban J connectivity index is 2.21. The zero-order valence-corrected chi connectivity index (χ0v) is 16.3. The van der Waals surface area contributed by atoms with Gasteiger partial charge in [-0.15, -0.1) is 11.3 Å². The topological polar surface area (TPSA) is 72.2 Å². The van der Waals surface area contributed by atoms with Crippen LogP contribution >= 0.6 is 11.3 Å². The number of carbonyl (C=O) groups is 1. The second kappa shape index (κ2) is 6.36. The van der Waals surface area contributed by atoms with E-state index in [2.05, 4.69) is 37.9 Å². The van der Waals surface area contributed by atoms with Crippen LogP contribution in [0.2, 0.25) is 0 Å². The predicted octanol–water partition coefficient (Wildman–Crippen LogP) is 4.38. The highest BCUT2D eigenvalue weighted by Gasteiger charge is 2.22. The van der Waals surface area contributed by atoms with Gasteiger partial charge in [0.1, 0.15) is 16.7 Å². The minimum Gasteiger partial charge on any atom is -0.480 e. The second-order valence-electron chi connectivity index (χ2n) is 7.51. The SMILES string of the molecule is Cc1nc2scc(-c3ccc(C(C)(C)C)cc3)c2c(=O)n1C(C)C(=O)O. The van der Waals surface area contributed by atoms with E-state index >= 15 is 0 Å². The van der Waals surface area contributed by atoms with E-state index in [0.717, 1.165) is 11.1 Å². The Morgan fingerprint density at radius 1 is 1.23 bits per heavy atom. The number of hydrogen-bond donors (Lipinski definition) is 1. The van der Waals surface area contributed by atoms with Crippen molar-refractivity contribution in [1.82, 2.24) is 9.55 Å². The van der Waals surface area contributed by atoms with E-state index in [-0.39, 0.29) is 11.0 Å². The summed E-state index contributed by atoms with van der Waals surface area (Å²) in [6.45, 7) is 9.62. The summed E-state index contributed by atoms with van der Waals surface area (Å²) in [5.74, 6) is -0.642. The summed E-state index contributed by atoms with van der Waals surface area (Å²) in [5.41, 5.74) is 2.69. The molecule has 3 rings (SSSR count). The average molecular weight is 370 g/mol. The van der Waals surface area contributed by atoms with E-state index in [1.807, 2.05) is 17.5 Å². The maximum Gasteiger partial charge on any atom is 0.326 e. The van der Waals surface area contributed by atoms with Gasteiger partial charge in [0.05, 0.1) is 5.39 Å². The number of fused-ring (bicyclic) bond motifs is 1. The first-order chi connectivity index (χ1) is 12.1. The van der Waals surface area contributed by atoms with E-state index < -0.39 is 12.0 Å². The number of nitrogens with zero attached hydrogens (tertiary/aromatic N) is 2. The van der Waals surface area contributed by atoms with Gasteiger partial charge in [0.25, 0.3) is 5.56 Å². The van der Waals surface area contributed by atoms with Gasteiger partial charge in [0, 0.05) is 10.9 Å². The molecule has 0 radical (unpaired) electrons. The standard InChI is InChI=1S/C20H22N2O3S/c1-11(19(24)25)22-12(2)21-17-16(18(22)23)15(10-26-17)13-6-8-14(9-7-13)20(3,4)5/h6-11H,1-5H3,(H,24,25). The Hall–Kier alpha value is -2.47. The number of aromatic nitrogens is 2. The molecule has 1 atom stereocenters. The van der Waals surface area contributed by atoms with Crippen molar-refractivity contribution in [2.24, 2.45) is 0 Å². The average Bonchev–Trinajstić information content (AvgIpc) is 2.97. The summed E-state index contributed by atoms with van der Waals surface area (Å²) < 4.78 is 1.25. The van der Waals surface area contributed by atoms with Gasteiger partial charge < -0.3 is 5.11 Å². The van der Waals surface area contributed by atoms with Crippen LogP contribution in [0.5, 0.6) is 0 Å². The fourth-order valence-electron chi connectivity index (χ4n) is 3.03. The van der Waals surface area contributed by atoms with Gasteiger partial charge in [-0.1, -0.05) is 45.0 Å². The Kier molecular flexibility index (Phi) is 4.48. The molecule has 0 saturated carbocycles. The van der Waals surface area contributed by atoms with Crippen LogP contribution in [0.25, 0.3) is 21.3 Å². The van der Waals surface area contributed by atoms with Crippen LogP contribution in [0.1, 0.15) is 45.1 Å². The van der Waals surface area contributed by atoms with Crippen LogP contribution < -0.4 is 5.56 Å². The van der Waals surface area contributed by atoms with E-state index in [0.29, 0.717) is 16.0 Å². The maximum absolute atomic E-state index is 13.0. The third kappa shape index (κ3) is 3.05. The smallest absolute Gasteiger partial charge is 0.326 e. The molecule has 1 aromatic carbocycles. The molecular weight excluding hydrogens is 348 g/mol. The molecule has 2 heterocycles. The minimum atomic E-state index is -1.05. The van der Waals surface area contributed by atoms with Gasteiger partial charge in [0.2, 0.25) is 0 Å². The van der Waals surface area contributed by atoms with Crippen molar-refractivity contribution >= 4 is 27.5 Å². The Morgan fingerprint density at radius 3 is 2.38 bits per heavy atom. The molecule has 0 aliphatic carbocycles. The molecule has 1 unspecified atom stereocenters. The van der Waals surface area contributed by atoms with Crippen molar-refractivity contribution in [3.63, 3.8) is 0 Å². The van der Waals surface area contributed by atoms with Crippen LogP contribution in [0.4, 0.5) is 0 Å². The molecule has 0 spiro atoms. The summed E-state index contributed by atoms with van der Waals surface area (Å²) in [6.07, 6.45) is 0. The summed E-state index contributed by atoms with van der Waals surface area (Å²) in [7, 11) is 0. The first-order valence-corrected chi connectivity index (χ1v) is 9.33. The molecule has 0 saturated heterocycles. The third-order valence-corrected chi connectivity index (χ3v) is 5.50. The largest absolute Gasteiger partial charge is 0.480 e. The van der Waals surface area contributed by atoms with Crippen molar-refractivity contribution in [3.8, 4) is 11.1 Å². The highest BCUT2D eigenvalue weighted by atomic mass is 32.1. The Bertz CT molecular complexity index is 1040. The Morgan fingerprint density at radius 2 is 1.85 bits per heavy atom. The lowest BCUT2D eigenvalue weighted by Crippen LogP contribution is -2.30. The van der Waals surface area contributed by atoms with E-state index in [9.17, 15) is 14.7 Å². The minimum absolute atomic E-state index is 0.0531. The van der Waals surface area contributed by atoms with E-state index in [1.54, 1.807) is 6.92 Å². The maximum atomic E-state index is 13.0. The van der Waals surface area contributed by atoms with Gasteiger partial charge in [-0.05, 0) is 30.4 Å². The molecule has 5 nitrogen and oxygen atoms in total. The second-order valence-corrected chi connectivity index (χ2v) is 8.36. The van der Waals surface area contributed by atoms with E-state index in [1.165, 1.54) is 28.4 Å². The van der Waals surface area contributed by atoms with Gasteiger partial charge in [-0.3, -0.25) is 9.36 Å². The molecule has 26 heavy (non-hydrogen) atoms. The molecule has 0 aliphatic rings. The molecular formula is C20H22N2O3S. The van der Waals surface area contributed by atoms with Crippen molar-refractivity contribution in [1.29, 1.82) is 0 Å². The fourth-order valence-corrected chi connectivity index (χ4v) is 4.02. The summed E-state index contributed by atoms with van der Waals surface area (Å²) in [5, 5.41) is 11.7. The monoisotopic (exact) mass is 370 g/mol. The highest BCUT2D eigenvalue weighted by Crippen LogP contribution is 2.33. The predicted molar refractivity (Wildman–Crippen MR) is 105 cm³/mol. The van der Waals surface area contributed by atoms with Crippen molar-refractivity contribution in [2.75, 3.05) is 0 Å². The van der Waals surface area contributed by atoms with Crippen LogP contribution in [0.3, 0.4) is 0 Å². The number of aliphatic carboxylic acids is 1. The summed E-state index contributed by atoms with van der Waals surface area (Å²) >= 11 is 1.40. The summed E-state index contributed by atoms with van der Waals surface area (Å²) in [6, 6.07) is 7.19. The molecule has 6 heteroatoms. The number of rotatable bonds is 3. The first kappa shape index (κ1) is 18.3. The molecule has 0 fully saturated rings. The fraction of sp³-hybridized carbons (Fsp3) is 0.350. The molecule has 1 N–H and O–H groups in total.